The van der Waals surface area contributed by atoms with E-state index in [4.69, 9.17) is 0 Å². The molecule has 0 aromatic carbocycles. The molecule has 0 unspecified atom stereocenters. The van der Waals surface area contributed by atoms with Gasteiger partial charge in [-0.3, -0.25) is 19.1 Å². The lowest BCUT2D eigenvalue weighted by Crippen LogP contribution is -2.42. The molecule has 1 aliphatic carbocycles. The van der Waals surface area contributed by atoms with E-state index in [1.165, 1.54) is 17.9 Å². The van der Waals surface area contributed by atoms with Crippen LogP contribution < -0.4 is 11.2 Å². The summed E-state index contributed by atoms with van der Waals surface area (Å²) >= 11 is 0. The minimum atomic E-state index is -1.44. The Labute approximate surface area is 120 Å². The van der Waals surface area contributed by atoms with Crippen LogP contribution in [0.5, 0.6) is 0 Å². The molecule has 0 radical (unpaired) electrons. The predicted octanol–water partition coefficient (Wildman–Crippen LogP) is -1.31. The second kappa shape index (κ2) is 5.45. The van der Waals surface area contributed by atoms with E-state index in [9.17, 15) is 24.6 Å². The highest BCUT2D eigenvalue weighted by atomic mass is 16.5. The van der Waals surface area contributed by atoms with Crippen molar-refractivity contribution in [1.82, 2.24) is 9.55 Å². The Morgan fingerprint density at radius 3 is 2.81 bits per heavy atom. The van der Waals surface area contributed by atoms with Gasteiger partial charge in [-0.05, 0) is 19.8 Å². The molecule has 1 fully saturated rings. The van der Waals surface area contributed by atoms with Crippen molar-refractivity contribution in [2.45, 2.75) is 31.9 Å². The number of esters is 1. The molecule has 1 aliphatic rings. The third-order valence-corrected chi connectivity index (χ3v) is 4.15. The van der Waals surface area contributed by atoms with Crippen LogP contribution in [-0.2, 0) is 9.53 Å². The van der Waals surface area contributed by atoms with E-state index >= 15 is 0 Å². The topological polar surface area (TPSA) is 122 Å². The molecule has 3 N–H and O–H groups in total. The van der Waals surface area contributed by atoms with Crippen LogP contribution in [0.2, 0.25) is 0 Å². The van der Waals surface area contributed by atoms with Crippen molar-refractivity contribution in [3.63, 3.8) is 0 Å². The fraction of sp³-hybridized carbons (Fsp3) is 0.615. The number of hydrogen-bond acceptors (Lipinski definition) is 6. The quantitative estimate of drug-likeness (QED) is 0.596. The Bertz CT molecular complexity index is 663. The maximum Gasteiger partial charge on any atom is 0.328 e. The van der Waals surface area contributed by atoms with Gasteiger partial charge in [0.2, 0.25) is 0 Å². The van der Waals surface area contributed by atoms with Gasteiger partial charge in [-0.2, -0.15) is 0 Å². The maximum absolute atomic E-state index is 11.9. The number of rotatable bonds is 3. The molecule has 0 spiro atoms. The Hall–Kier alpha value is -1.93. The van der Waals surface area contributed by atoms with Gasteiger partial charge in [0, 0.05) is 17.8 Å². The molecule has 3 atom stereocenters. The number of nitrogens with one attached hydrogen (secondary N) is 1. The van der Waals surface area contributed by atoms with Gasteiger partial charge in [-0.1, -0.05) is 0 Å². The van der Waals surface area contributed by atoms with Gasteiger partial charge in [0.1, 0.15) is 5.41 Å². The molecule has 8 heteroatoms. The van der Waals surface area contributed by atoms with Crippen LogP contribution >= 0.6 is 0 Å². The van der Waals surface area contributed by atoms with E-state index in [-0.39, 0.29) is 12.8 Å². The summed E-state index contributed by atoms with van der Waals surface area (Å²) in [7, 11) is 1.18. The Morgan fingerprint density at radius 2 is 2.24 bits per heavy atom. The number of ether oxygens (including phenoxy) is 1. The predicted molar refractivity (Wildman–Crippen MR) is 71.9 cm³/mol. The average Bonchev–Trinajstić information content (AvgIpc) is 2.79. The Kier molecular flexibility index (Phi) is 4.02. The number of aliphatic hydroxyl groups excluding tert-OH is 2. The number of aliphatic hydroxyl groups is 2. The summed E-state index contributed by atoms with van der Waals surface area (Å²) in [6.45, 7) is 0.980. The summed E-state index contributed by atoms with van der Waals surface area (Å²) in [4.78, 5) is 37.3. The molecule has 0 amide bonds. The van der Waals surface area contributed by atoms with Crippen LogP contribution in [0.4, 0.5) is 0 Å². The van der Waals surface area contributed by atoms with Crippen molar-refractivity contribution < 1.29 is 19.7 Å². The van der Waals surface area contributed by atoms with Crippen molar-refractivity contribution in [2.75, 3.05) is 13.7 Å². The summed E-state index contributed by atoms with van der Waals surface area (Å²) < 4.78 is 5.93. The fourth-order valence-corrected chi connectivity index (χ4v) is 2.85. The molecule has 1 heterocycles. The van der Waals surface area contributed by atoms with Gasteiger partial charge in [-0.15, -0.1) is 0 Å². The van der Waals surface area contributed by atoms with Gasteiger partial charge in [0.15, 0.2) is 0 Å². The van der Waals surface area contributed by atoms with Crippen molar-refractivity contribution in [3.8, 4) is 0 Å². The van der Waals surface area contributed by atoms with E-state index in [0.29, 0.717) is 5.56 Å². The Morgan fingerprint density at radius 1 is 1.57 bits per heavy atom. The van der Waals surface area contributed by atoms with Gasteiger partial charge < -0.3 is 14.9 Å². The molecular formula is C13H18N2O6. The number of carbonyl (C=O) groups excluding carboxylic acids is 1. The first-order valence-corrected chi connectivity index (χ1v) is 6.55. The smallest absolute Gasteiger partial charge is 0.328 e. The van der Waals surface area contributed by atoms with E-state index < -0.39 is 41.4 Å². The van der Waals surface area contributed by atoms with Gasteiger partial charge in [0.25, 0.3) is 5.56 Å². The minimum absolute atomic E-state index is 0.0583. The minimum Gasteiger partial charge on any atom is -0.468 e. The van der Waals surface area contributed by atoms with Crippen LogP contribution in [0.1, 0.15) is 24.4 Å². The van der Waals surface area contributed by atoms with Crippen molar-refractivity contribution >= 4 is 5.97 Å². The second-order valence-electron chi connectivity index (χ2n) is 5.39. The van der Waals surface area contributed by atoms with Crippen LogP contribution in [0.15, 0.2) is 15.8 Å². The molecule has 0 saturated heterocycles. The van der Waals surface area contributed by atoms with Crippen molar-refractivity contribution in [2.24, 2.45) is 5.41 Å². The zero-order valence-corrected chi connectivity index (χ0v) is 11.8. The molecule has 1 saturated carbocycles. The van der Waals surface area contributed by atoms with Crippen LogP contribution in [-0.4, -0.2) is 45.6 Å². The number of methoxy groups -OCH3 is 1. The number of aromatic amines is 1. The molecule has 1 aromatic heterocycles. The van der Waals surface area contributed by atoms with Crippen LogP contribution in [0, 0.1) is 12.3 Å². The van der Waals surface area contributed by atoms with Gasteiger partial charge >= 0.3 is 11.7 Å². The number of nitrogens with zero attached hydrogens (tertiary/aromatic N) is 1. The summed E-state index contributed by atoms with van der Waals surface area (Å²) in [6, 6.07) is -0.505. The first-order valence-electron chi connectivity index (χ1n) is 6.55. The molecule has 21 heavy (non-hydrogen) atoms. The van der Waals surface area contributed by atoms with Gasteiger partial charge in [-0.25, -0.2) is 4.79 Å². The van der Waals surface area contributed by atoms with E-state index in [1.807, 2.05) is 0 Å². The Balaban J connectivity index is 2.42. The van der Waals surface area contributed by atoms with E-state index in [2.05, 4.69) is 9.72 Å². The molecule has 8 nitrogen and oxygen atoms in total. The highest BCUT2D eigenvalue weighted by molar-refractivity contribution is 5.78. The molecule has 0 bridgehead atoms. The summed E-state index contributed by atoms with van der Waals surface area (Å²) in [5.74, 6) is -0.714. The molecule has 116 valence electrons. The zero-order chi connectivity index (χ0) is 15.8. The third kappa shape index (κ3) is 2.40. The van der Waals surface area contributed by atoms with E-state index in [1.54, 1.807) is 6.92 Å². The molecule has 1 aromatic rings. The summed E-state index contributed by atoms with van der Waals surface area (Å²) in [6.07, 6.45) is 0.437. The standard InChI is InChI=1S/C13H18N2O6/c1-7-5-15(12(20)14-10(7)18)8-3-9(17)13(4-8,6-16)11(19)21-2/h5,8-9,16-17H,3-4,6H2,1-2H3,(H,14,18,20)/t8-,9+,13-/m0/s1. The number of aryl methyl sites for hydroxylation is 1. The third-order valence-electron chi connectivity index (χ3n) is 4.15. The lowest BCUT2D eigenvalue weighted by molar-refractivity contribution is -0.162. The van der Waals surface area contributed by atoms with Crippen molar-refractivity contribution in [3.05, 3.63) is 32.6 Å². The largest absolute Gasteiger partial charge is 0.468 e. The lowest BCUT2D eigenvalue weighted by Gasteiger charge is -2.27. The number of aromatic nitrogens is 2. The first-order chi connectivity index (χ1) is 9.85. The highest BCUT2D eigenvalue weighted by Gasteiger charge is 2.53. The molecule has 0 aliphatic heterocycles. The van der Waals surface area contributed by atoms with Gasteiger partial charge in [0.05, 0.1) is 19.8 Å². The van der Waals surface area contributed by atoms with Crippen molar-refractivity contribution in [1.29, 1.82) is 0 Å². The summed E-state index contributed by atoms with van der Waals surface area (Å²) in [5.41, 5.74) is -2.18. The fourth-order valence-electron chi connectivity index (χ4n) is 2.85. The number of H-pyrrole nitrogens is 1. The number of carbonyl (C=O) groups is 1. The lowest BCUT2D eigenvalue weighted by atomic mass is 9.85. The molecular weight excluding hydrogens is 280 g/mol. The highest BCUT2D eigenvalue weighted by Crippen LogP contribution is 2.44. The monoisotopic (exact) mass is 298 g/mol. The maximum atomic E-state index is 11.9. The number of hydrogen-bond donors (Lipinski definition) is 3. The van der Waals surface area contributed by atoms with Crippen LogP contribution in [0.25, 0.3) is 0 Å². The summed E-state index contributed by atoms with van der Waals surface area (Å²) in [5, 5.41) is 19.7. The van der Waals surface area contributed by atoms with E-state index in [0.717, 1.165) is 0 Å². The normalized spacial score (nSPS) is 28.6. The second-order valence-corrected chi connectivity index (χ2v) is 5.39. The first kappa shape index (κ1) is 15.5. The zero-order valence-electron chi connectivity index (χ0n) is 11.8. The average molecular weight is 298 g/mol. The molecule has 2 rings (SSSR count). The van der Waals surface area contributed by atoms with Crippen LogP contribution in [0.3, 0.4) is 0 Å². The SMILES string of the molecule is COC(=O)[C@]1(CO)C[C@@H](n2cc(C)c(=O)[nH]c2=O)C[C@H]1O.